The van der Waals surface area contributed by atoms with Crippen molar-refractivity contribution in [3.05, 3.63) is 23.8 Å². The molecule has 1 aliphatic rings. The lowest BCUT2D eigenvalue weighted by molar-refractivity contribution is 0.205. The van der Waals surface area contributed by atoms with Crippen LogP contribution in [0.1, 0.15) is 45.1 Å². The van der Waals surface area contributed by atoms with Gasteiger partial charge in [-0.15, -0.1) is 0 Å². The van der Waals surface area contributed by atoms with E-state index in [0.717, 1.165) is 18.0 Å². The topological polar surface area (TPSA) is 30.5 Å². The largest absolute Gasteiger partial charge is 0.497 e. The Bertz CT molecular complexity index is 433. The minimum absolute atomic E-state index is 0.524. The van der Waals surface area contributed by atoms with Gasteiger partial charge in [0.2, 0.25) is 0 Å². The molecule has 0 radical (unpaired) electrons. The van der Waals surface area contributed by atoms with Crippen LogP contribution in [0.4, 0.5) is 0 Å². The third kappa shape index (κ3) is 3.89. The van der Waals surface area contributed by atoms with E-state index in [2.05, 4.69) is 25.2 Å². The molecule has 0 saturated heterocycles. The van der Waals surface area contributed by atoms with Gasteiger partial charge in [-0.1, -0.05) is 19.9 Å². The molecule has 1 saturated carbocycles. The van der Waals surface area contributed by atoms with Crippen molar-refractivity contribution in [2.75, 3.05) is 14.2 Å². The molecule has 0 unspecified atom stereocenters. The van der Waals surface area contributed by atoms with Crippen LogP contribution < -0.4 is 14.8 Å². The SMILES string of the molecule is COc1ccc(CNC2CCC(C)(C)CC2)c(OC)c1. The zero-order chi connectivity index (χ0) is 14.6. The first-order valence-electron chi connectivity index (χ1n) is 7.48. The van der Waals surface area contributed by atoms with Crippen molar-refractivity contribution in [1.29, 1.82) is 0 Å². The Kier molecular flexibility index (Phi) is 4.92. The average molecular weight is 277 g/mol. The molecule has 0 amide bonds. The summed E-state index contributed by atoms with van der Waals surface area (Å²) < 4.78 is 10.7. The van der Waals surface area contributed by atoms with Crippen LogP contribution in [0.5, 0.6) is 11.5 Å². The fourth-order valence-corrected chi connectivity index (χ4v) is 2.86. The smallest absolute Gasteiger partial charge is 0.127 e. The Morgan fingerprint density at radius 2 is 1.85 bits per heavy atom. The van der Waals surface area contributed by atoms with Crippen LogP contribution >= 0.6 is 0 Å². The summed E-state index contributed by atoms with van der Waals surface area (Å²) in [4.78, 5) is 0. The van der Waals surface area contributed by atoms with Crippen LogP contribution in [0.25, 0.3) is 0 Å². The summed E-state index contributed by atoms with van der Waals surface area (Å²) in [6.07, 6.45) is 5.16. The minimum Gasteiger partial charge on any atom is -0.497 e. The molecule has 1 aromatic carbocycles. The highest BCUT2D eigenvalue weighted by Crippen LogP contribution is 2.35. The van der Waals surface area contributed by atoms with Gasteiger partial charge in [-0.3, -0.25) is 0 Å². The van der Waals surface area contributed by atoms with Gasteiger partial charge in [0.1, 0.15) is 11.5 Å². The van der Waals surface area contributed by atoms with Crippen molar-refractivity contribution < 1.29 is 9.47 Å². The average Bonchev–Trinajstić information content (AvgIpc) is 2.46. The van der Waals surface area contributed by atoms with Crippen molar-refractivity contribution in [2.24, 2.45) is 5.41 Å². The highest BCUT2D eigenvalue weighted by molar-refractivity contribution is 5.40. The monoisotopic (exact) mass is 277 g/mol. The molecule has 1 N–H and O–H groups in total. The van der Waals surface area contributed by atoms with Crippen LogP contribution in [0.15, 0.2) is 18.2 Å². The van der Waals surface area contributed by atoms with Crippen molar-refractivity contribution in [3.63, 3.8) is 0 Å². The second-order valence-corrected chi connectivity index (χ2v) is 6.50. The maximum atomic E-state index is 5.44. The van der Waals surface area contributed by atoms with Crippen LogP contribution in [0, 0.1) is 5.41 Å². The first kappa shape index (κ1) is 15.2. The van der Waals surface area contributed by atoms with E-state index < -0.39 is 0 Å². The van der Waals surface area contributed by atoms with E-state index in [1.165, 1.54) is 31.2 Å². The predicted molar refractivity (Wildman–Crippen MR) is 82.4 cm³/mol. The lowest BCUT2D eigenvalue weighted by Gasteiger charge is -2.34. The molecule has 112 valence electrons. The quantitative estimate of drug-likeness (QED) is 0.889. The van der Waals surface area contributed by atoms with Gasteiger partial charge >= 0.3 is 0 Å². The molecule has 2 rings (SSSR count). The maximum Gasteiger partial charge on any atom is 0.127 e. The van der Waals surface area contributed by atoms with E-state index in [0.29, 0.717) is 11.5 Å². The summed E-state index contributed by atoms with van der Waals surface area (Å²) in [6.45, 7) is 5.60. The predicted octanol–water partition coefficient (Wildman–Crippen LogP) is 3.76. The zero-order valence-electron chi connectivity index (χ0n) is 13.2. The summed E-state index contributed by atoms with van der Waals surface area (Å²) in [7, 11) is 3.39. The number of methoxy groups -OCH3 is 2. The fraction of sp³-hybridized carbons (Fsp3) is 0.647. The highest BCUT2D eigenvalue weighted by Gasteiger charge is 2.26. The number of hydrogen-bond donors (Lipinski definition) is 1. The van der Waals surface area contributed by atoms with Crippen LogP contribution in [-0.2, 0) is 6.54 Å². The Labute approximate surface area is 122 Å². The van der Waals surface area contributed by atoms with Gasteiger partial charge in [0.05, 0.1) is 14.2 Å². The molecule has 20 heavy (non-hydrogen) atoms. The molecule has 0 heterocycles. The summed E-state index contributed by atoms with van der Waals surface area (Å²) in [6, 6.07) is 6.65. The van der Waals surface area contributed by atoms with Gasteiger partial charge in [0, 0.05) is 24.2 Å². The van der Waals surface area contributed by atoms with Crippen LogP contribution in [0.3, 0.4) is 0 Å². The molecule has 3 heteroatoms. The second-order valence-electron chi connectivity index (χ2n) is 6.50. The van der Waals surface area contributed by atoms with E-state index >= 15 is 0 Å². The zero-order valence-corrected chi connectivity index (χ0v) is 13.2. The molecule has 0 aromatic heterocycles. The summed E-state index contributed by atoms with van der Waals surface area (Å²) in [5.41, 5.74) is 1.72. The molecule has 1 fully saturated rings. The van der Waals surface area contributed by atoms with E-state index in [4.69, 9.17) is 9.47 Å². The number of ether oxygens (including phenoxy) is 2. The summed E-state index contributed by atoms with van der Waals surface area (Å²) in [5, 5.41) is 3.67. The van der Waals surface area contributed by atoms with Crippen LogP contribution in [0.2, 0.25) is 0 Å². The van der Waals surface area contributed by atoms with E-state index in [9.17, 15) is 0 Å². The first-order chi connectivity index (χ1) is 9.54. The normalized spacial score (nSPS) is 18.8. The van der Waals surface area contributed by atoms with Gasteiger partial charge < -0.3 is 14.8 Å². The number of benzene rings is 1. The highest BCUT2D eigenvalue weighted by atomic mass is 16.5. The molecule has 0 bridgehead atoms. The molecular weight excluding hydrogens is 250 g/mol. The van der Waals surface area contributed by atoms with Gasteiger partial charge in [-0.05, 0) is 37.2 Å². The Morgan fingerprint density at radius 3 is 2.45 bits per heavy atom. The molecule has 0 aliphatic heterocycles. The Balaban J connectivity index is 1.91. The minimum atomic E-state index is 0.524. The fourth-order valence-electron chi connectivity index (χ4n) is 2.86. The Hall–Kier alpha value is -1.22. The molecule has 1 aromatic rings. The summed E-state index contributed by atoms with van der Waals surface area (Å²) >= 11 is 0. The lowest BCUT2D eigenvalue weighted by atomic mass is 9.75. The number of rotatable bonds is 5. The first-order valence-corrected chi connectivity index (χ1v) is 7.48. The Morgan fingerprint density at radius 1 is 1.15 bits per heavy atom. The lowest BCUT2D eigenvalue weighted by Crippen LogP contribution is -2.35. The molecule has 0 atom stereocenters. The van der Waals surface area contributed by atoms with E-state index in [-0.39, 0.29) is 0 Å². The van der Waals surface area contributed by atoms with Crippen molar-refractivity contribution in [1.82, 2.24) is 5.32 Å². The molecule has 1 aliphatic carbocycles. The third-order valence-corrected chi connectivity index (χ3v) is 4.41. The standard InChI is InChI=1S/C17H27NO2/c1-17(2)9-7-14(8-10-17)18-12-13-5-6-15(19-3)11-16(13)20-4/h5-6,11,14,18H,7-10,12H2,1-4H3. The summed E-state index contributed by atoms with van der Waals surface area (Å²) in [5.74, 6) is 1.73. The van der Waals surface area contributed by atoms with Crippen molar-refractivity contribution >= 4 is 0 Å². The maximum absolute atomic E-state index is 5.44. The van der Waals surface area contributed by atoms with Crippen molar-refractivity contribution in [3.8, 4) is 11.5 Å². The van der Waals surface area contributed by atoms with E-state index in [1.807, 2.05) is 12.1 Å². The molecule has 3 nitrogen and oxygen atoms in total. The number of nitrogens with one attached hydrogen (secondary N) is 1. The number of hydrogen-bond acceptors (Lipinski definition) is 3. The van der Waals surface area contributed by atoms with Gasteiger partial charge in [-0.2, -0.15) is 0 Å². The van der Waals surface area contributed by atoms with Crippen molar-refractivity contribution in [2.45, 2.75) is 52.1 Å². The van der Waals surface area contributed by atoms with Gasteiger partial charge in [0.25, 0.3) is 0 Å². The molecular formula is C17H27NO2. The van der Waals surface area contributed by atoms with Gasteiger partial charge in [0.15, 0.2) is 0 Å². The third-order valence-electron chi connectivity index (χ3n) is 4.41. The van der Waals surface area contributed by atoms with Gasteiger partial charge in [-0.25, -0.2) is 0 Å². The molecule has 0 spiro atoms. The van der Waals surface area contributed by atoms with Crippen LogP contribution in [-0.4, -0.2) is 20.3 Å². The second kappa shape index (κ2) is 6.49. The van der Waals surface area contributed by atoms with E-state index in [1.54, 1.807) is 14.2 Å².